The van der Waals surface area contributed by atoms with Gasteiger partial charge in [0.15, 0.2) is 0 Å². The lowest BCUT2D eigenvalue weighted by Gasteiger charge is -2.00. The molecule has 0 atom stereocenters. The van der Waals surface area contributed by atoms with Gasteiger partial charge in [0.1, 0.15) is 0 Å². The van der Waals surface area contributed by atoms with Crippen molar-refractivity contribution < 1.29 is 9.90 Å². The van der Waals surface area contributed by atoms with E-state index in [-0.39, 0.29) is 6.42 Å². The minimum Gasteiger partial charge on any atom is -0.481 e. The molecule has 1 aromatic heterocycles. The summed E-state index contributed by atoms with van der Waals surface area (Å²) < 4.78 is 1.28. The summed E-state index contributed by atoms with van der Waals surface area (Å²) in [4.78, 5) is 11.8. The number of rotatable bonds is 3. The summed E-state index contributed by atoms with van der Waals surface area (Å²) >= 11 is 1.73. The third-order valence-corrected chi connectivity index (χ3v) is 4.33. The van der Waals surface area contributed by atoms with Crippen LogP contribution in [0.2, 0.25) is 0 Å². The van der Waals surface area contributed by atoms with Crippen molar-refractivity contribution in [3.63, 3.8) is 0 Å². The van der Waals surface area contributed by atoms with Gasteiger partial charge in [-0.2, -0.15) is 0 Å². The van der Waals surface area contributed by atoms with Gasteiger partial charge in [0.05, 0.1) is 6.42 Å². The van der Waals surface area contributed by atoms with Crippen molar-refractivity contribution in [3.05, 3.63) is 33.7 Å². The quantitative estimate of drug-likeness (QED) is 0.896. The van der Waals surface area contributed by atoms with E-state index in [1.165, 1.54) is 31.7 Å². The summed E-state index contributed by atoms with van der Waals surface area (Å²) in [7, 11) is 0. The van der Waals surface area contributed by atoms with Gasteiger partial charge in [0, 0.05) is 9.58 Å². The SMILES string of the molecule is Cc1cc(C)c2c(C)c(CCC(=O)O)sc2c1. The minimum atomic E-state index is -0.727. The Morgan fingerprint density at radius 3 is 2.65 bits per heavy atom. The number of aliphatic carboxylic acids is 1. The van der Waals surface area contributed by atoms with Gasteiger partial charge < -0.3 is 5.11 Å². The van der Waals surface area contributed by atoms with Crippen LogP contribution in [0.1, 0.15) is 28.0 Å². The lowest BCUT2D eigenvalue weighted by Crippen LogP contribution is -1.96. The summed E-state index contributed by atoms with van der Waals surface area (Å²) in [5.74, 6) is -0.727. The van der Waals surface area contributed by atoms with Crippen LogP contribution in [0.4, 0.5) is 0 Å². The first-order valence-corrected chi connectivity index (χ1v) is 6.51. The first-order valence-electron chi connectivity index (χ1n) is 5.70. The number of carboxylic acid groups (broad SMARTS) is 1. The Morgan fingerprint density at radius 2 is 2.00 bits per heavy atom. The topological polar surface area (TPSA) is 37.3 Å². The average Bonchev–Trinajstić information content (AvgIpc) is 2.52. The molecular weight excluding hydrogens is 232 g/mol. The summed E-state index contributed by atoms with van der Waals surface area (Å²) in [6, 6.07) is 4.37. The second kappa shape index (κ2) is 4.49. The molecule has 0 aliphatic heterocycles. The Kier molecular flexibility index (Phi) is 3.20. The van der Waals surface area contributed by atoms with E-state index in [4.69, 9.17) is 5.11 Å². The van der Waals surface area contributed by atoms with Crippen LogP contribution in [0.25, 0.3) is 10.1 Å². The molecule has 90 valence electrons. The predicted octanol–water partition coefficient (Wildman–Crippen LogP) is 3.84. The molecule has 1 N–H and O–H groups in total. The average molecular weight is 248 g/mol. The van der Waals surface area contributed by atoms with E-state index in [0.29, 0.717) is 6.42 Å². The monoisotopic (exact) mass is 248 g/mol. The number of carboxylic acids is 1. The first kappa shape index (κ1) is 12.1. The van der Waals surface area contributed by atoms with Crippen molar-refractivity contribution in [3.8, 4) is 0 Å². The van der Waals surface area contributed by atoms with Crippen molar-refractivity contribution >= 4 is 27.4 Å². The summed E-state index contributed by atoms with van der Waals surface area (Å²) in [6.07, 6.45) is 0.852. The van der Waals surface area contributed by atoms with Crippen LogP contribution >= 0.6 is 11.3 Å². The zero-order valence-corrected chi connectivity index (χ0v) is 11.1. The maximum Gasteiger partial charge on any atom is 0.303 e. The van der Waals surface area contributed by atoms with Gasteiger partial charge >= 0.3 is 5.97 Å². The third kappa shape index (κ3) is 2.34. The van der Waals surface area contributed by atoms with Gasteiger partial charge in [-0.3, -0.25) is 4.79 Å². The molecule has 0 unspecified atom stereocenters. The van der Waals surface area contributed by atoms with Crippen molar-refractivity contribution in [1.82, 2.24) is 0 Å². The smallest absolute Gasteiger partial charge is 0.303 e. The molecule has 1 aromatic carbocycles. The third-order valence-electron chi connectivity index (χ3n) is 3.04. The molecule has 0 spiro atoms. The van der Waals surface area contributed by atoms with E-state index in [1.54, 1.807) is 11.3 Å². The first-order chi connectivity index (χ1) is 7.99. The number of hydrogen-bond acceptors (Lipinski definition) is 2. The standard InChI is InChI=1S/C14H16O2S/c1-8-6-9(2)14-10(3)11(4-5-13(15)16)17-12(14)7-8/h6-7H,4-5H2,1-3H3,(H,15,16). The van der Waals surface area contributed by atoms with E-state index in [2.05, 4.69) is 32.9 Å². The van der Waals surface area contributed by atoms with Crippen LogP contribution in [0.5, 0.6) is 0 Å². The Morgan fingerprint density at radius 1 is 1.29 bits per heavy atom. The van der Waals surface area contributed by atoms with Gasteiger partial charge in [0.2, 0.25) is 0 Å². The van der Waals surface area contributed by atoms with Gasteiger partial charge in [0.25, 0.3) is 0 Å². The fourth-order valence-electron chi connectivity index (χ4n) is 2.30. The zero-order chi connectivity index (χ0) is 12.6. The molecule has 0 fully saturated rings. The van der Waals surface area contributed by atoms with E-state index < -0.39 is 5.97 Å². The molecule has 0 bridgehead atoms. The molecule has 0 aliphatic carbocycles. The van der Waals surface area contributed by atoms with Crippen LogP contribution in [-0.4, -0.2) is 11.1 Å². The number of thiophene rings is 1. The van der Waals surface area contributed by atoms with Crippen LogP contribution < -0.4 is 0 Å². The molecule has 3 heteroatoms. The molecule has 2 nitrogen and oxygen atoms in total. The second-order valence-corrected chi connectivity index (χ2v) is 5.64. The van der Waals surface area contributed by atoms with E-state index in [9.17, 15) is 4.79 Å². The fourth-order valence-corrected chi connectivity index (χ4v) is 3.68. The van der Waals surface area contributed by atoms with Crippen molar-refractivity contribution in [2.45, 2.75) is 33.6 Å². The molecular formula is C14H16O2S. The summed E-state index contributed by atoms with van der Waals surface area (Å²) in [6.45, 7) is 6.31. The lowest BCUT2D eigenvalue weighted by atomic mass is 10.0. The van der Waals surface area contributed by atoms with Crippen LogP contribution in [0.15, 0.2) is 12.1 Å². The molecule has 0 saturated carbocycles. The minimum absolute atomic E-state index is 0.214. The molecule has 0 amide bonds. The molecule has 2 rings (SSSR count). The van der Waals surface area contributed by atoms with Gasteiger partial charge in [-0.25, -0.2) is 0 Å². The van der Waals surface area contributed by atoms with E-state index in [0.717, 1.165) is 0 Å². The molecule has 17 heavy (non-hydrogen) atoms. The van der Waals surface area contributed by atoms with Gasteiger partial charge in [-0.15, -0.1) is 11.3 Å². The Labute approximate surface area is 105 Å². The number of hydrogen-bond donors (Lipinski definition) is 1. The van der Waals surface area contributed by atoms with Gasteiger partial charge in [-0.05, 0) is 55.3 Å². The second-order valence-electron chi connectivity index (χ2n) is 4.50. The van der Waals surface area contributed by atoms with Crippen LogP contribution in [-0.2, 0) is 11.2 Å². The molecule has 0 radical (unpaired) electrons. The summed E-state index contributed by atoms with van der Waals surface area (Å²) in [5.41, 5.74) is 3.81. The maximum absolute atomic E-state index is 10.6. The zero-order valence-electron chi connectivity index (χ0n) is 10.3. The Balaban J connectivity index is 2.49. The largest absolute Gasteiger partial charge is 0.481 e. The predicted molar refractivity (Wildman–Crippen MR) is 72.0 cm³/mol. The highest BCUT2D eigenvalue weighted by molar-refractivity contribution is 7.19. The molecule has 0 saturated heterocycles. The number of carbonyl (C=O) groups is 1. The van der Waals surface area contributed by atoms with Crippen LogP contribution in [0.3, 0.4) is 0 Å². The molecule has 0 aliphatic rings. The Bertz CT molecular complexity index is 581. The molecule has 1 heterocycles. The molecule has 2 aromatic rings. The van der Waals surface area contributed by atoms with Gasteiger partial charge in [-0.1, -0.05) is 6.07 Å². The number of aryl methyl sites for hydroxylation is 4. The maximum atomic E-state index is 10.6. The van der Waals surface area contributed by atoms with Crippen molar-refractivity contribution in [1.29, 1.82) is 0 Å². The van der Waals surface area contributed by atoms with Crippen molar-refractivity contribution in [2.75, 3.05) is 0 Å². The normalized spacial score (nSPS) is 11.0. The summed E-state index contributed by atoms with van der Waals surface area (Å²) in [5, 5.41) is 10.1. The Hall–Kier alpha value is -1.35. The highest BCUT2D eigenvalue weighted by Crippen LogP contribution is 2.34. The number of fused-ring (bicyclic) bond motifs is 1. The lowest BCUT2D eigenvalue weighted by molar-refractivity contribution is -0.136. The highest BCUT2D eigenvalue weighted by Gasteiger charge is 2.11. The fraction of sp³-hybridized carbons (Fsp3) is 0.357. The van der Waals surface area contributed by atoms with Crippen LogP contribution in [0, 0.1) is 20.8 Å². The number of benzene rings is 1. The van der Waals surface area contributed by atoms with Crippen molar-refractivity contribution in [2.24, 2.45) is 0 Å². The highest BCUT2D eigenvalue weighted by atomic mass is 32.1. The van der Waals surface area contributed by atoms with E-state index >= 15 is 0 Å². The van der Waals surface area contributed by atoms with E-state index in [1.807, 2.05) is 0 Å².